The normalized spacial score (nSPS) is 15.5. The zero-order valence-electron chi connectivity index (χ0n) is 20.2. The fraction of sp³-hybridized carbons (Fsp3) is 0.345. The number of hydrogen-bond donors (Lipinski definition) is 1. The summed E-state index contributed by atoms with van der Waals surface area (Å²) in [6, 6.07) is 22.8. The fourth-order valence-electron chi connectivity index (χ4n) is 4.93. The van der Waals surface area contributed by atoms with Crippen molar-refractivity contribution in [3.63, 3.8) is 0 Å². The van der Waals surface area contributed by atoms with Crippen molar-refractivity contribution in [3.8, 4) is 0 Å². The highest BCUT2D eigenvalue weighted by Crippen LogP contribution is 2.35. The largest absolute Gasteiger partial charge is 0.334 e. The van der Waals surface area contributed by atoms with Crippen molar-refractivity contribution in [2.24, 2.45) is 5.92 Å². The first kappa shape index (κ1) is 24.9. The molecule has 0 bridgehead atoms. The van der Waals surface area contributed by atoms with Crippen molar-refractivity contribution in [1.29, 1.82) is 0 Å². The summed E-state index contributed by atoms with van der Waals surface area (Å²) < 4.78 is 26.8. The van der Waals surface area contributed by atoms with Gasteiger partial charge in [-0.3, -0.25) is 0 Å². The van der Waals surface area contributed by atoms with E-state index in [0.29, 0.717) is 6.54 Å². The lowest BCUT2D eigenvalue weighted by molar-refractivity contribution is 0.113. The van der Waals surface area contributed by atoms with Crippen LogP contribution in [-0.2, 0) is 13.0 Å². The van der Waals surface area contributed by atoms with Gasteiger partial charge in [-0.1, -0.05) is 54.6 Å². The molecular weight excluding hydrogens is 444 g/mol. The van der Waals surface area contributed by atoms with Gasteiger partial charge < -0.3 is 15.1 Å². The van der Waals surface area contributed by atoms with Crippen molar-refractivity contribution in [2.45, 2.75) is 31.8 Å². The van der Waals surface area contributed by atoms with E-state index < -0.39 is 0 Å². The van der Waals surface area contributed by atoms with Gasteiger partial charge in [0.05, 0.1) is 6.04 Å². The maximum Gasteiger partial charge on any atom is 0.317 e. The summed E-state index contributed by atoms with van der Waals surface area (Å²) in [6.45, 7) is 3.28. The fourth-order valence-corrected chi connectivity index (χ4v) is 4.93. The van der Waals surface area contributed by atoms with Crippen molar-refractivity contribution in [2.75, 3.05) is 26.7 Å². The molecule has 1 unspecified atom stereocenters. The molecule has 0 spiro atoms. The van der Waals surface area contributed by atoms with E-state index in [1.165, 1.54) is 29.8 Å². The van der Waals surface area contributed by atoms with Gasteiger partial charge in [-0.2, -0.15) is 0 Å². The molecule has 1 aliphatic rings. The van der Waals surface area contributed by atoms with Crippen molar-refractivity contribution >= 4 is 6.03 Å². The first-order chi connectivity index (χ1) is 17.0. The zero-order valence-corrected chi connectivity index (χ0v) is 20.2. The van der Waals surface area contributed by atoms with Gasteiger partial charge >= 0.3 is 6.03 Å². The van der Waals surface area contributed by atoms with Gasteiger partial charge in [0.1, 0.15) is 11.6 Å². The van der Waals surface area contributed by atoms with Crippen LogP contribution >= 0.6 is 0 Å². The van der Waals surface area contributed by atoms with Gasteiger partial charge in [0, 0.05) is 20.1 Å². The van der Waals surface area contributed by atoms with E-state index in [4.69, 9.17) is 0 Å². The Bertz CT molecular complexity index is 1070. The number of amides is 2. The molecule has 1 saturated heterocycles. The molecule has 2 amide bonds. The number of piperidine rings is 1. The summed E-state index contributed by atoms with van der Waals surface area (Å²) in [5.74, 6) is -0.315. The predicted molar refractivity (Wildman–Crippen MR) is 135 cm³/mol. The van der Waals surface area contributed by atoms with Crippen LogP contribution in [0.25, 0.3) is 0 Å². The average Bonchev–Trinajstić information content (AvgIpc) is 2.89. The summed E-state index contributed by atoms with van der Waals surface area (Å²) in [5.41, 5.74) is 3.11. The Morgan fingerprint density at radius 2 is 1.51 bits per heavy atom. The number of carbonyl (C=O) groups excluding carboxylic acids is 1. The number of urea groups is 1. The Labute approximate surface area is 206 Å². The number of halogens is 2. The standard InChI is InChI=1S/C29H33F2N3O/c1-33(29(35)32-21-23-7-11-26(30)12-8-23)28(24-9-13-27(31)14-10-24)25-16-19-34(20-17-25)18-15-22-5-3-2-4-6-22/h2-14,25,28H,15-21H2,1H3,(H,32,35). The molecule has 0 saturated carbocycles. The Morgan fingerprint density at radius 1 is 0.914 bits per heavy atom. The van der Waals surface area contributed by atoms with E-state index >= 15 is 0 Å². The summed E-state index contributed by atoms with van der Waals surface area (Å²) in [4.78, 5) is 17.3. The molecule has 1 N–H and O–H groups in total. The highest BCUT2D eigenvalue weighted by Gasteiger charge is 2.32. The minimum absolute atomic E-state index is 0.153. The Hall–Kier alpha value is -3.25. The Morgan fingerprint density at radius 3 is 2.14 bits per heavy atom. The smallest absolute Gasteiger partial charge is 0.317 e. The lowest BCUT2D eigenvalue weighted by Crippen LogP contribution is -2.45. The Balaban J connectivity index is 1.39. The lowest BCUT2D eigenvalue weighted by Gasteiger charge is -2.40. The van der Waals surface area contributed by atoms with E-state index in [2.05, 4.69) is 34.5 Å². The van der Waals surface area contributed by atoms with Crippen LogP contribution in [0, 0.1) is 17.6 Å². The minimum atomic E-state index is -0.302. The predicted octanol–water partition coefficient (Wildman–Crippen LogP) is 5.80. The molecule has 0 aromatic heterocycles. The first-order valence-corrected chi connectivity index (χ1v) is 12.3. The molecule has 35 heavy (non-hydrogen) atoms. The second-order valence-corrected chi connectivity index (χ2v) is 9.31. The molecule has 6 heteroatoms. The molecule has 184 valence electrons. The van der Waals surface area contributed by atoms with Gasteiger partial charge in [0.25, 0.3) is 0 Å². The molecular formula is C29H33F2N3O. The van der Waals surface area contributed by atoms with E-state index in [9.17, 15) is 13.6 Å². The molecule has 1 aliphatic heterocycles. The van der Waals surface area contributed by atoms with Crippen LogP contribution in [0.4, 0.5) is 13.6 Å². The maximum absolute atomic E-state index is 13.6. The van der Waals surface area contributed by atoms with E-state index in [-0.39, 0.29) is 29.6 Å². The third kappa shape index (κ3) is 6.89. The molecule has 1 heterocycles. The second kappa shape index (κ2) is 11.9. The Kier molecular flexibility index (Phi) is 8.48. The molecule has 3 aromatic rings. The highest BCUT2D eigenvalue weighted by molar-refractivity contribution is 5.74. The summed E-state index contributed by atoms with van der Waals surface area (Å²) >= 11 is 0. The average molecular weight is 478 g/mol. The molecule has 4 rings (SSSR count). The third-order valence-corrected chi connectivity index (χ3v) is 6.94. The van der Waals surface area contributed by atoms with Crippen LogP contribution in [0.5, 0.6) is 0 Å². The lowest BCUT2D eigenvalue weighted by atomic mass is 9.84. The van der Waals surface area contributed by atoms with Crippen LogP contribution < -0.4 is 5.32 Å². The molecule has 0 aliphatic carbocycles. The summed E-state index contributed by atoms with van der Waals surface area (Å²) in [7, 11) is 1.80. The summed E-state index contributed by atoms with van der Waals surface area (Å²) in [5, 5.41) is 2.95. The highest BCUT2D eigenvalue weighted by atomic mass is 19.1. The SMILES string of the molecule is CN(C(=O)NCc1ccc(F)cc1)C(c1ccc(F)cc1)C1CCN(CCc2ccccc2)CC1. The number of benzene rings is 3. The van der Waals surface area contributed by atoms with Gasteiger partial charge in [-0.25, -0.2) is 13.6 Å². The van der Waals surface area contributed by atoms with Gasteiger partial charge in [0.15, 0.2) is 0 Å². The second-order valence-electron chi connectivity index (χ2n) is 9.31. The molecule has 1 fully saturated rings. The number of likely N-dealkylation sites (tertiary alicyclic amines) is 1. The molecule has 3 aromatic carbocycles. The van der Waals surface area contributed by atoms with Crippen LogP contribution in [0.3, 0.4) is 0 Å². The van der Waals surface area contributed by atoms with E-state index in [1.54, 1.807) is 36.2 Å². The van der Waals surface area contributed by atoms with Gasteiger partial charge in [-0.05, 0) is 79.2 Å². The topological polar surface area (TPSA) is 35.6 Å². The number of nitrogens with one attached hydrogen (secondary N) is 1. The monoisotopic (exact) mass is 477 g/mol. The zero-order chi connectivity index (χ0) is 24.6. The quantitative estimate of drug-likeness (QED) is 0.445. The van der Waals surface area contributed by atoms with Crippen LogP contribution in [0.2, 0.25) is 0 Å². The van der Waals surface area contributed by atoms with E-state index in [1.807, 2.05) is 6.07 Å². The number of carbonyl (C=O) groups is 1. The van der Waals surface area contributed by atoms with Crippen LogP contribution in [0.1, 0.15) is 35.6 Å². The first-order valence-electron chi connectivity index (χ1n) is 12.3. The van der Waals surface area contributed by atoms with Crippen molar-refractivity contribution in [1.82, 2.24) is 15.1 Å². The number of nitrogens with zero attached hydrogens (tertiary/aromatic N) is 2. The maximum atomic E-state index is 13.6. The molecule has 4 nitrogen and oxygen atoms in total. The number of rotatable bonds is 8. The van der Waals surface area contributed by atoms with E-state index in [0.717, 1.165) is 50.0 Å². The molecule has 0 radical (unpaired) electrons. The third-order valence-electron chi connectivity index (χ3n) is 6.94. The van der Waals surface area contributed by atoms with Crippen molar-refractivity contribution in [3.05, 3.63) is 107 Å². The summed E-state index contributed by atoms with van der Waals surface area (Å²) in [6.07, 6.45) is 2.96. The van der Waals surface area contributed by atoms with Gasteiger partial charge in [0.2, 0.25) is 0 Å². The van der Waals surface area contributed by atoms with Gasteiger partial charge in [-0.15, -0.1) is 0 Å². The number of hydrogen-bond acceptors (Lipinski definition) is 2. The molecule has 1 atom stereocenters. The van der Waals surface area contributed by atoms with Crippen LogP contribution in [0.15, 0.2) is 78.9 Å². The minimum Gasteiger partial charge on any atom is -0.334 e. The van der Waals surface area contributed by atoms with Crippen LogP contribution in [-0.4, -0.2) is 42.5 Å². The van der Waals surface area contributed by atoms with Crippen molar-refractivity contribution < 1.29 is 13.6 Å².